The van der Waals surface area contributed by atoms with Crippen LogP contribution < -0.4 is 31.9 Å². The van der Waals surface area contributed by atoms with Gasteiger partial charge in [0.05, 0.1) is 65.0 Å². The van der Waals surface area contributed by atoms with Crippen LogP contribution in [0.1, 0.15) is 35.0 Å². The molecule has 17 heteroatoms. The lowest BCUT2D eigenvalue weighted by molar-refractivity contribution is 0.0276. The van der Waals surface area contributed by atoms with E-state index in [1.165, 1.54) is 16.7 Å². The molecule has 0 amide bonds. The number of rotatable bonds is 9. The molecule has 3 aliphatic rings. The van der Waals surface area contributed by atoms with Crippen molar-refractivity contribution >= 4 is 73.9 Å². The standard InChI is InChI=1S/C15H16ClN3O.C14H15BrN4O.C14H15ClN4O/c16-12-3-6-15(18-9-12)19-13-4-1-11(2-5-13)14-10-17-7-8-20-14;2*15-11-7-17-14(18-8-11)19-12-3-1-10(2-4-12)13-9-16-5-6-20-13/h1-6,9,14,17H,7-8,10H2,(H,18,19);2*1-4,7-8,13,16H,5-6,9H2,(H,17,18,19). The van der Waals surface area contributed by atoms with E-state index in [0.29, 0.717) is 21.9 Å². The van der Waals surface area contributed by atoms with Crippen LogP contribution in [0, 0.1) is 0 Å². The summed E-state index contributed by atoms with van der Waals surface area (Å²) in [7, 11) is 0. The van der Waals surface area contributed by atoms with Crippen LogP contribution in [0.2, 0.25) is 10.0 Å². The predicted molar refractivity (Wildman–Crippen MR) is 240 cm³/mol. The molecule has 6 heterocycles. The van der Waals surface area contributed by atoms with Crippen molar-refractivity contribution in [3.63, 3.8) is 0 Å². The molecule has 0 aliphatic carbocycles. The molecule has 3 aromatic carbocycles. The summed E-state index contributed by atoms with van der Waals surface area (Å²) in [6, 6.07) is 28.1. The summed E-state index contributed by atoms with van der Waals surface area (Å²) in [6.07, 6.45) is 8.59. The van der Waals surface area contributed by atoms with Crippen LogP contribution >= 0.6 is 39.1 Å². The van der Waals surface area contributed by atoms with Gasteiger partial charge in [-0.1, -0.05) is 59.6 Å². The lowest BCUT2D eigenvalue weighted by Gasteiger charge is -2.24. The van der Waals surface area contributed by atoms with Crippen LogP contribution in [0.4, 0.5) is 34.8 Å². The van der Waals surface area contributed by atoms with Crippen molar-refractivity contribution in [2.24, 2.45) is 0 Å². The van der Waals surface area contributed by atoms with Crippen molar-refractivity contribution in [1.29, 1.82) is 0 Å². The highest BCUT2D eigenvalue weighted by atomic mass is 79.9. The summed E-state index contributed by atoms with van der Waals surface area (Å²) < 4.78 is 18.0. The Morgan fingerprint density at radius 1 is 0.467 bits per heavy atom. The van der Waals surface area contributed by atoms with E-state index in [1.54, 1.807) is 31.0 Å². The van der Waals surface area contributed by atoms with Crippen molar-refractivity contribution in [2.45, 2.75) is 18.3 Å². The van der Waals surface area contributed by atoms with Crippen LogP contribution in [0.5, 0.6) is 0 Å². The summed E-state index contributed by atoms with van der Waals surface area (Å²) in [5, 5.41) is 20.7. The van der Waals surface area contributed by atoms with E-state index < -0.39 is 0 Å². The number of anilines is 6. The molecule has 3 saturated heterocycles. The molecule has 14 nitrogen and oxygen atoms in total. The molecule has 0 bridgehead atoms. The minimum atomic E-state index is 0.129. The Morgan fingerprint density at radius 2 is 0.850 bits per heavy atom. The lowest BCUT2D eigenvalue weighted by atomic mass is 10.1. The van der Waals surface area contributed by atoms with Gasteiger partial charge in [0.2, 0.25) is 11.9 Å². The monoisotopic (exact) mass is 913 g/mol. The Morgan fingerprint density at radius 3 is 1.22 bits per heavy atom. The number of hydrogen-bond donors (Lipinski definition) is 6. The number of nitrogens with zero attached hydrogens (tertiary/aromatic N) is 5. The molecule has 0 radical (unpaired) electrons. The number of ether oxygens (including phenoxy) is 3. The van der Waals surface area contributed by atoms with Gasteiger partial charge in [0.1, 0.15) is 5.82 Å². The molecule has 3 atom stereocenters. The highest BCUT2D eigenvalue weighted by Gasteiger charge is 2.17. The largest absolute Gasteiger partial charge is 0.371 e. The second-order valence-corrected chi connectivity index (χ2v) is 15.5. The third-order valence-electron chi connectivity index (χ3n) is 9.38. The van der Waals surface area contributed by atoms with Gasteiger partial charge in [0, 0.05) is 74.9 Å². The molecule has 3 fully saturated rings. The molecule has 0 saturated carbocycles. The van der Waals surface area contributed by atoms with Crippen LogP contribution in [0.15, 0.2) is 120 Å². The van der Waals surface area contributed by atoms with Gasteiger partial charge in [0.25, 0.3) is 0 Å². The fourth-order valence-electron chi connectivity index (χ4n) is 6.29. The highest BCUT2D eigenvalue weighted by Crippen LogP contribution is 2.25. The van der Waals surface area contributed by atoms with E-state index in [4.69, 9.17) is 37.4 Å². The van der Waals surface area contributed by atoms with Gasteiger partial charge in [-0.05, 0) is 81.2 Å². The Bertz CT molecular complexity index is 1910. The molecule has 3 unspecified atom stereocenters. The molecule has 3 aromatic heterocycles. The zero-order valence-electron chi connectivity index (χ0n) is 32.7. The Kier molecular flexibility index (Phi) is 16.4. The second-order valence-electron chi connectivity index (χ2n) is 13.7. The number of nitrogens with one attached hydrogen (secondary N) is 6. The number of morpholine rings is 3. The maximum absolute atomic E-state index is 5.81. The topological polar surface area (TPSA) is 164 Å². The summed E-state index contributed by atoms with van der Waals surface area (Å²) in [5.41, 5.74) is 6.41. The van der Waals surface area contributed by atoms with Gasteiger partial charge in [-0.15, -0.1) is 0 Å². The van der Waals surface area contributed by atoms with Gasteiger partial charge in [0.15, 0.2) is 0 Å². The smallest absolute Gasteiger partial charge is 0.227 e. The number of halogens is 3. The number of hydrogen-bond acceptors (Lipinski definition) is 14. The Balaban J connectivity index is 0.000000136. The van der Waals surface area contributed by atoms with Crippen molar-refractivity contribution in [1.82, 2.24) is 40.9 Å². The number of aromatic nitrogens is 5. The van der Waals surface area contributed by atoms with Crippen molar-refractivity contribution in [3.8, 4) is 0 Å². The Hall–Kier alpha value is -4.81. The molecule has 6 N–H and O–H groups in total. The third kappa shape index (κ3) is 13.6. The third-order valence-corrected chi connectivity index (χ3v) is 10.2. The fourth-order valence-corrected chi connectivity index (χ4v) is 6.71. The normalized spacial score (nSPS) is 18.8. The minimum absolute atomic E-state index is 0.129. The summed E-state index contributed by atoms with van der Waals surface area (Å²) in [4.78, 5) is 20.8. The molecule has 0 spiro atoms. The molecular weight excluding hydrogens is 869 g/mol. The van der Waals surface area contributed by atoms with Gasteiger partial charge >= 0.3 is 0 Å². The van der Waals surface area contributed by atoms with Crippen molar-refractivity contribution in [2.75, 3.05) is 75.0 Å². The van der Waals surface area contributed by atoms with Crippen LogP contribution in [-0.2, 0) is 14.2 Å². The maximum atomic E-state index is 5.81. The summed E-state index contributed by atoms with van der Waals surface area (Å²) in [5.74, 6) is 1.88. The van der Waals surface area contributed by atoms with E-state index in [2.05, 4.69) is 109 Å². The zero-order valence-corrected chi connectivity index (χ0v) is 35.8. The van der Waals surface area contributed by atoms with E-state index in [0.717, 1.165) is 86.4 Å². The van der Waals surface area contributed by atoms with E-state index in [9.17, 15) is 0 Å². The Labute approximate surface area is 367 Å². The first kappa shape index (κ1) is 43.3. The molecule has 312 valence electrons. The minimum Gasteiger partial charge on any atom is -0.371 e. The van der Waals surface area contributed by atoms with Gasteiger partial charge in [-0.25, -0.2) is 24.9 Å². The SMILES string of the molecule is Brc1cnc(Nc2ccc(C3CNCCO3)cc2)nc1.Clc1ccc(Nc2ccc(C3CNCCO3)cc2)nc1.Clc1cnc(Nc2ccc(C3CNCCO3)cc2)nc1. The molecule has 9 rings (SSSR count). The average molecular weight is 916 g/mol. The fraction of sp³-hybridized carbons (Fsp3) is 0.279. The van der Waals surface area contributed by atoms with Gasteiger partial charge in [-0.2, -0.15) is 0 Å². The van der Waals surface area contributed by atoms with Crippen molar-refractivity contribution < 1.29 is 14.2 Å². The lowest BCUT2D eigenvalue weighted by Crippen LogP contribution is -2.33. The van der Waals surface area contributed by atoms with E-state index in [1.807, 2.05) is 48.5 Å². The number of pyridine rings is 1. The number of benzene rings is 3. The summed E-state index contributed by atoms with van der Waals surface area (Å²) >= 11 is 14.9. The van der Waals surface area contributed by atoms with Crippen LogP contribution in [-0.4, -0.2) is 84.0 Å². The highest BCUT2D eigenvalue weighted by molar-refractivity contribution is 9.10. The maximum Gasteiger partial charge on any atom is 0.227 e. The predicted octanol–water partition coefficient (Wildman–Crippen LogP) is 8.32. The summed E-state index contributed by atoms with van der Waals surface area (Å²) in [6.45, 7) is 7.64. The first-order valence-corrected chi connectivity index (χ1v) is 21.1. The van der Waals surface area contributed by atoms with Crippen LogP contribution in [0.25, 0.3) is 0 Å². The first-order chi connectivity index (χ1) is 29.4. The molecule has 3 aliphatic heterocycles. The van der Waals surface area contributed by atoms with Gasteiger partial charge in [-0.3, -0.25) is 0 Å². The van der Waals surface area contributed by atoms with Crippen molar-refractivity contribution in [3.05, 3.63) is 147 Å². The average Bonchev–Trinajstić information content (AvgIpc) is 3.31. The molecular formula is C43H46BrCl2N11O3. The van der Waals surface area contributed by atoms with Crippen LogP contribution in [0.3, 0.4) is 0 Å². The second kappa shape index (κ2) is 22.7. The molecule has 6 aromatic rings. The quantitative estimate of drug-likeness (QED) is 0.0821. The zero-order chi connectivity index (χ0) is 41.4. The molecule has 60 heavy (non-hydrogen) atoms. The van der Waals surface area contributed by atoms with E-state index >= 15 is 0 Å². The van der Waals surface area contributed by atoms with E-state index in [-0.39, 0.29) is 18.3 Å². The first-order valence-electron chi connectivity index (χ1n) is 19.6. The van der Waals surface area contributed by atoms with Gasteiger partial charge < -0.3 is 46.1 Å².